The zero-order chi connectivity index (χ0) is 16.1. The molecule has 0 bridgehead atoms. The highest BCUT2D eigenvalue weighted by atomic mass is 32.1. The van der Waals surface area contributed by atoms with Gasteiger partial charge in [-0.1, -0.05) is 0 Å². The number of carbonyl (C=O) groups is 2. The van der Waals surface area contributed by atoms with E-state index in [0.717, 1.165) is 10.7 Å². The Hall–Kier alpha value is -2.74. The molecule has 7 nitrogen and oxygen atoms in total. The molecule has 0 fully saturated rings. The highest BCUT2D eigenvalue weighted by molar-refractivity contribution is 7.15. The van der Waals surface area contributed by atoms with Gasteiger partial charge in [-0.2, -0.15) is 0 Å². The summed E-state index contributed by atoms with van der Waals surface area (Å²) in [4.78, 5) is 32.7. The van der Waals surface area contributed by atoms with Crippen molar-refractivity contribution in [2.75, 3.05) is 13.1 Å². The summed E-state index contributed by atoms with van der Waals surface area (Å²) in [7, 11) is 0. The molecule has 0 atom stereocenters. The smallest absolute Gasteiger partial charge is 0.252 e. The second-order valence-corrected chi connectivity index (χ2v) is 5.72. The Kier molecular flexibility index (Phi) is 4.62. The number of hydrogen-bond donors (Lipinski definition) is 2. The largest absolute Gasteiger partial charge is 0.354 e. The molecule has 3 rings (SSSR count). The summed E-state index contributed by atoms with van der Waals surface area (Å²) in [5.74, 6) is -0.326. The van der Waals surface area contributed by atoms with Gasteiger partial charge < -0.3 is 10.6 Å². The highest BCUT2D eigenvalue weighted by Gasteiger charge is 2.08. The van der Waals surface area contributed by atoms with Crippen molar-refractivity contribution in [2.45, 2.75) is 6.42 Å². The number of nitrogens with zero attached hydrogens (tertiary/aromatic N) is 3. The first kappa shape index (κ1) is 15.2. The van der Waals surface area contributed by atoms with Gasteiger partial charge >= 0.3 is 0 Å². The Bertz CT molecular complexity index is 783. The first-order valence-corrected chi connectivity index (χ1v) is 7.96. The summed E-state index contributed by atoms with van der Waals surface area (Å²) in [6.07, 6.45) is 7.08. The monoisotopic (exact) mass is 329 g/mol. The second kappa shape index (κ2) is 7.01. The average Bonchev–Trinajstić information content (AvgIpc) is 3.13. The van der Waals surface area contributed by atoms with Gasteiger partial charge in [-0.05, 0) is 12.1 Å². The van der Waals surface area contributed by atoms with Gasteiger partial charge in [0.15, 0.2) is 4.96 Å². The van der Waals surface area contributed by atoms with Crippen LogP contribution in [0, 0.1) is 0 Å². The molecule has 0 aliphatic heterocycles. The molecular formula is C15H15N5O2S. The van der Waals surface area contributed by atoms with Crippen molar-refractivity contribution < 1.29 is 9.59 Å². The molecular weight excluding hydrogens is 314 g/mol. The van der Waals surface area contributed by atoms with E-state index in [0.29, 0.717) is 18.7 Å². The van der Waals surface area contributed by atoms with E-state index >= 15 is 0 Å². The van der Waals surface area contributed by atoms with Gasteiger partial charge in [0.1, 0.15) is 0 Å². The number of thiazole rings is 1. The quantitative estimate of drug-likeness (QED) is 0.657. The minimum absolute atomic E-state index is 0.119. The summed E-state index contributed by atoms with van der Waals surface area (Å²) in [5.41, 5.74) is 1.23. The molecule has 0 aliphatic carbocycles. The van der Waals surface area contributed by atoms with Crippen LogP contribution >= 0.6 is 11.3 Å². The molecule has 0 aliphatic rings. The maximum atomic E-state index is 11.8. The zero-order valence-corrected chi connectivity index (χ0v) is 13.0. The van der Waals surface area contributed by atoms with Crippen molar-refractivity contribution in [1.29, 1.82) is 0 Å². The summed E-state index contributed by atoms with van der Waals surface area (Å²) >= 11 is 1.53. The number of imidazole rings is 1. The molecule has 23 heavy (non-hydrogen) atoms. The fourth-order valence-corrected chi connectivity index (χ4v) is 2.78. The lowest BCUT2D eigenvalue weighted by Gasteiger charge is -2.06. The van der Waals surface area contributed by atoms with Crippen molar-refractivity contribution in [3.05, 3.63) is 53.6 Å². The lowest BCUT2D eigenvalue weighted by molar-refractivity contribution is -0.120. The van der Waals surface area contributed by atoms with Crippen LogP contribution in [-0.4, -0.2) is 39.3 Å². The van der Waals surface area contributed by atoms with Gasteiger partial charge in [-0.25, -0.2) is 4.98 Å². The predicted molar refractivity (Wildman–Crippen MR) is 86.4 cm³/mol. The van der Waals surface area contributed by atoms with Gasteiger partial charge in [0.25, 0.3) is 5.91 Å². The zero-order valence-electron chi connectivity index (χ0n) is 12.2. The minimum Gasteiger partial charge on any atom is -0.354 e. The van der Waals surface area contributed by atoms with Gasteiger partial charge in [-0.15, -0.1) is 11.3 Å². The summed E-state index contributed by atoms with van der Waals surface area (Å²) < 4.78 is 1.89. The van der Waals surface area contributed by atoms with Crippen LogP contribution in [0.3, 0.4) is 0 Å². The lowest BCUT2D eigenvalue weighted by Crippen LogP contribution is -2.35. The third-order valence-corrected chi connectivity index (χ3v) is 3.91. The minimum atomic E-state index is -0.207. The topological polar surface area (TPSA) is 88.4 Å². The van der Waals surface area contributed by atoms with E-state index in [2.05, 4.69) is 20.6 Å². The van der Waals surface area contributed by atoms with E-state index in [4.69, 9.17) is 0 Å². The van der Waals surface area contributed by atoms with Crippen molar-refractivity contribution in [1.82, 2.24) is 25.0 Å². The number of carbonyl (C=O) groups excluding carboxylic acids is 2. The molecule has 0 saturated carbocycles. The molecule has 0 aromatic carbocycles. The summed E-state index contributed by atoms with van der Waals surface area (Å²) in [5, 5.41) is 7.42. The maximum absolute atomic E-state index is 11.8. The van der Waals surface area contributed by atoms with E-state index < -0.39 is 0 Å². The van der Waals surface area contributed by atoms with Crippen LogP contribution in [-0.2, 0) is 11.2 Å². The second-order valence-electron chi connectivity index (χ2n) is 4.85. The van der Waals surface area contributed by atoms with Crippen LogP contribution in [0.25, 0.3) is 4.96 Å². The molecule has 118 valence electrons. The fraction of sp³-hybridized carbons (Fsp3) is 0.200. The molecule has 0 spiro atoms. The van der Waals surface area contributed by atoms with Gasteiger partial charge in [0.2, 0.25) is 5.91 Å². The SMILES string of the molecule is O=C(Cc1cn2ccsc2n1)NCCNC(=O)c1cccnc1. The van der Waals surface area contributed by atoms with Crippen molar-refractivity contribution in [2.24, 2.45) is 0 Å². The number of hydrogen-bond acceptors (Lipinski definition) is 5. The number of nitrogens with one attached hydrogen (secondary N) is 2. The van der Waals surface area contributed by atoms with Gasteiger partial charge in [0, 0.05) is 43.3 Å². The van der Waals surface area contributed by atoms with Crippen LogP contribution in [0.15, 0.2) is 42.3 Å². The van der Waals surface area contributed by atoms with Crippen LogP contribution in [0.2, 0.25) is 0 Å². The van der Waals surface area contributed by atoms with Crippen LogP contribution in [0.5, 0.6) is 0 Å². The molecule has 2 amide bonds. The lowest BCUT2D eigenvalue weighted by atomic mass is 10.3. The normalized spacial score (nSPS) is 10.6. The van der Waals surface area contributed by atoms with E-state index in [1.165, 1.54) is 17.5 Å². The Labute approximate surface area is 136 Å². The van der Waals surface area contributed by atoms with E-state index in [9.17, 15) is 9.59 Å². The first-order valence-electron chi connectivity index (χ1n) is 7.08. The molecule has 8 heteroatoms. The molecule has 0 radical (unpaired) electrons. The Morgan fingerprint density at radius 3 is 2.91 bits per heavy atom. The van der Waals surface area contributed by atoms with Crippen molar-refractivity contribution >= 4 is 28.1 Å². The summed E-state index contributed by atoms with van der Waals surface area (Å²) in [6, 6.07) is 3.39. The summed E-state index contributed by atoms with van der Waals surface area (Å²) in [6.45, 7) is 0.727. The maximum Gasteiger partial charge on any atom is 0.252 e. The molecule has 3 aromatic rings. The van der Waals surface area contributed by atoms with Crippen LogP contribution in [0.1, 0.15) is 16.1 Å². The molecule has 2 N–H and O–H groups in total. The number of rotatable bonds is 6. The Balaban J connectivity index is 1.39. The molecule has 0 saturated heterocycles. The highest BCUT2D eigenvalue weighted by Crippen LogP contribution is 2.11. The van der Waals surface area contributed by atoms with E-state index in [-0.39, 0.29) is 18.2 Å². The van der Waals surface area contributed by atoms with Gasteiger partial charge in [0.05, 0.1) is 17.7 Å². The standard InChI is InChI=1S/C15H15N5O2S/c21-13(8-12-10-20-6-7-23-15(20)19-12)17-4-5-18-14(22)11-2-1-3-16-9-11/h1-3,6-7,9-10H,4-5,8H2,(H,17,21)(H,18,22). The Morgan fingerprint density at radius 1 is 1.26 bits per heavy atom. The molecule has 3 aromatic heterocycles. The predicted octanol–water partition coefficient (Wildman–Crippen LogP) is 0.879. The van der Waals surface area contributed by atoms with Crippen molar-refractivity contribution in [3.63, 3.8) is 0 Å². The molecule has 3 heterocycles. The van der Waals surface area contributed by atoms with Gasteiger partial charge in [-0.3, -0.25) is 19.0 Å². The third-order valence-electron chi connectivity index (χ3n) is 3.14. The van der Waals surface area contributed by atoms with Crippen LogP contribution < -0.4 is 10.6 Å². The van der Waals surface area contributed by atoms with E-state index in [1.54, 1.807) is 18.3 Å². The average molecular weight is 329 g/mol. The fourth-order valence-electron chi connectivity index (χ4n) is 2.07. The van der Waals surface area contributed by atoms with E-state index in [1.807, 2.05) is 22.2 Å². The number of pyridine rings is 1. The number of amides is 2. The third kappa shape index (κ3) is 3.92. The van der Waals surface area contributed by atoms with Crippen molar-refractivity contribution in [3.8, 4) is 0 Å². The van der Waals surface area contributed by atoms with Crippen LogP contribution in [0.4, 0.5) is 0 Å². The first-order chi connectivity index (χ1) is 11.2. The molecule has 0 unspecified atom stereocenters. The Morgan fingerprint density at radius 2 is 2.13 bits per heavy atom. The number of fused-ring (bicyclic) bond motifs is 1. The number of aromatic nitrogens is 3.